The average Bonchev–Trinajstić information content (AvgIpc) is 3.63. The highest BCUT2D eigenvalue weighted by Crippen LogP contribution is 2.49. The Morgan fingerprint density at radius 1 is 1.00 bits per heavy atom. The van der Waals surface area contributed by atoms with Gasteiger partial charge in [-0.3, -0.25) is 14.4 Å². The molecule has 0 radical (unpaired) electrons. The number of hydrogen-bond acceptors (Lipinski definition) is 7. The van der Waals surface area contributed by atoms with Gasteiger partial charge in [-0.05, 0) is 101 Å². The molecule has 43 heavy (non-hydrogen) atoms. The molecule has 5 rings (SSSR count). The van der Waals surface area contributed by atoms with Crippen molar-refractivity contribution in [2.45, 2.75) is 89.7 Å². The standard InChI is InChI=1S/C33H42N4O6/c1-33(32(40)41)11-9-24(10-12-33)43-26-15-25(27(42-2)14-23(26)17-35)30(38)37-29-22-8-7-21(13-22)28(29)31(39)36-18-20-5-3-19(16-34)4-6-20/h14-15,19-22,24,28-29H,3-13,18H2,1-2H3,(H,36,39)(H,37,38)(H,40,41)/t19?,20?,21-,22+,24?,28+,29-,33?/m1/s1. The molecule has 1 aromatic rings. The molecule has 4 aliphatic rings. The van der Waals surface area contributed by atoms with Crippen molar-refractivity contribution in [3.63, 3.8) is 0 Å². The van der Waals surface area contributed by atoms with Gasteiger partial charge in [0.15, 0.2) is 0 Å². The van der Waals surface area contributed by atoms with Gasteiger partial charge in [-0.2, -0.15) is 10.5 Å². The third-order valence-corrected chi connectivity index (χ3v) is 10.6. The van der Waals surface area contributed by atoms with Gasteiger partial charge >= 0.3 is 5.97 Å². The van der Waals surface area contributed by atoms with E-state index in [4.69, 9.17) is 14.7 Å². The third-order valence-electron chi connectivity index (χ3n) is 10.6. The van der Waals surface area contributed by atoms with E-state index in [1.807, 2.05) is 0 Å². The molecule has 4 fully saturated rings. The van der Waals surface area contributed by atoms with E-state index in [-0.39, 0.29) is 70.3 Å². The van der Waals surface area contributed by atoms with E-state index in [2.05, 4.69) is 22.8 Å². The highest BCUT2D eigenvalue weighted by molar-refractivity contribution is 5.98. The molecule has 230 valence electrons. The summed E-state index contributed by atoms with van der Waals surface area (Å²) in [5.41, 5.74) is -0.316. The van der Waals surface area contributed by atoms with Crippen molar-refractivity contribution in [2.75, 3.05) is 13.7 Å². The number of carbonyl (C=O) groups excluding carboxylic acids is 2. The van der Waals surface area contributed by atoms with E-state index >= 15 is 0 Å². The van der Waals surface area contributed by atoms with Crippen molar-refractivity contribution in [3.05, 3.63) is 23.3 Å². The summed E-state index contributed by atoms with van der Waals surface area (Å²) < 4.78 is 11.7. The maximum atomic E-state index is 13.7. The van der Waals surface area contributed by atoms with Crippen molar-refractivity contribution < 1.29 is 29.0 Å². The zero-order chi connectivity index (χ0) is 30.7. The van der Waals surface area contributed by atoms with Crippen LogP contribution in [0.5, 0.6) is 11.5 Å². The van der Waals surface area contributed by atoms with Gasteiger partial charge in [-0.15, -0.1) is 0 Å². The van der Waals surface area contributed by atoms with Crippen LogP contribution in [-0.2, 0) is 9.59 Å². The highest BCUT2D eigenvalue weighted by Gasteiger charge is 2.51. The fraction of sp³-hybridized carbons (Fsp3) is 0.667. The van der Waals surface area contributed by atoms with Crippen molar-refractivity contribution in [3.8, 4) is 23.6 Å². The normalized spacial score (nSPS) is 33.1. The lowest BCUT2D eigenvalue weighted by atomic mass is 9.75. The smallest absolute Gasteiger partial charge is 0.309 e. The molecular formula is C33H42N4O6. The first-order chi connectivity index (χ1) is 20.6. The van der Waals surface area contributed by atoms with Crippen LogP contribution in [0.15, 0.2) is 12.1 Å². The number of hydrogen-bond donors (Lipinski definition) is 3. The number of carboxylic acid groups (broad SMARTS) is 1. The highest BCUT2D eigenvalue weighted by atomic mass is 16.5. The van der Waals surface area contributed by atoms with Crippen LogP contribution in [0.3, 0.4) is 0 Å². The van der Waals surface area contributed by atoms with Gasteiger partial charge in [-0.25, -0.2) is 0 Å². The summed E-state index contributed by atoms with van der Waals surface area (Å²) in [6.07, 6.45) is 8.22. The lowest BCUT2D eigenvalue weighted by molar-refractivity contribution is -0.150. The van der Waals surface area contributed by atoms with Crippen LogP contribution in [0.4, 0.5) is 0 Å². The molecule has 4 saturated carbocycles. The molecule has 0 spiro atoms. The largest absolute Gasteiger partial charge is 0.496 e. The van der Waals surface area contributed by atoms with E-state index in [0.29, 0.717) is 38.1 Å². The minimum absolute atomic E-state index is 0.0126. The van der Waals surface area contributed by atoms with Crippen LogP contribution >= 0.6 is 0 Å². The molecule has 0 aliphatic heterocycles. The summed E-state index contributed by atoms with van der Waals surface area (Å²) in [5.74, 6) is -0.0327. The number of aliphatic carboxylic acids is 1. The van der Waals surface area contributed by atoms with E-state index < -0.39 is 11.4 Å². The summed E-state index contributed by atoms with van der Waals surface area (Å²) >= 11 is 0. The number of rotatable bonds is 9. The number of nitrogens with zero attached hydrogens (tertiary/aromatic N) is 2. The number of nitrogens with one attached hydrogen (secondary N) is 2. The molecule has 0 aromatic heterocycles. The molecule has 1 aromatic carbocycles. The summed E-state index contributed by atoms with van der Waals surface area (Å²) in [6, 6.07) is 7.23. The minimum Gasteiger partial charge on any atom is -0.496 e. The maximum absolute atomic E-state index is 13.7. The van der Waals surface area contributed by atoms with Crippen molar-refractivity contribution in [1.29, 1.82) is 10.5 Å². The molecule has 10 heteroatoms. The number of fused-ring (bicyclic) bond motifs is 2. The van der Waals surface area contributed by atoms with Gasteiger partial charge in [0.2, 0.25) is 5.91 Å². The Morgan fingerprint density at radius 3 is 2.33 bits per heavy atom. The van der Waals surface area contributed by atoms with Crippen LogP contribution in [0.25, 0.3) is 0 Å². The van der Waals surface area contributed by atoms with Gasteiger partial charge < -0.3 is 25.2 Å². The molecule has 0 unspecified atom stereocenters. The van der Waals surface area contributed by atoms with Crippen LogP contribution in [0, 0.1) is 57.7 Å². The van der Waals surface area contributed by atoms with Crippen molar-refractivity contribution in [1.82, 2.24) is 10.6 Å². The second-order valence-electron chi connectivity index (χ2n) is 13.3. The van der Waals surface area contributed by atoms with E-state index in [1.165, 1.54) is 19.2 Å². The van der Waals surface area contributed by atoms with Gasteiger partial charge in [0, 0.05) is 24.6 Å². The Morgan fingerprint density at radius 2 is 1.70 bits per heavy atom. The first-order valence-corrected chi connectivity index (χ1v) is 15.7. The number of nitriles is 2. The maximum Gasteiger partial charge on any atom is 0.309 e. The van der Waals surface area contributed by atoms with E-state index in [1.54, 1.807) is 6.92 Å². The summed E-state index contributed by atoms with van der Waals surface area (Å²) in [7, 11) is 1.44. The molecule has 2 bridgehead atoms. The number of carbonyl (C=O) groups is 3. The van der Waals surface area contributed by atoms with Gasteiger partial charge in [0.25, 0.3) is 5.91 Å². The zero-order valence-electron chi connectivity index (χ0n) is 25.1. The Kier molecular flexibility index (Phi) is 9.15. The number of ether oxygens (including phenoxy) is 2. The first kappa shape index (κ1) is 30.7. The molecule has 10 nitrogen and oxygen atoms in total. The molecule has 0 heterocycles. The first-order valence-electron chi connectivity index (χ1n) is 15.7. The minimum atomic E-state index is -0.817. The zero-order valence-corrected chi connectivity index (χ0v) is 25.1. The van der Waals surface area contributed by atoms with Crippen molar-refractivity contribution >= 4 is 17.8 Å². The number of benzene rings is 1. The average molecular weight is 591 g/mol. The third kappa shape index (κ3) is 6.44. The van der Waals surface area contributed by atoms with Gasteiger partial charge in [0.1, 0.15) is 17.6 Å². The SMILES string of the molecule is COc1cc(C#N)c(OC2CCC(C)(C(=O)O)CC2)cc1C(=O)N[C@@H]1[C@H]2CC[C@H](C2)[C@@H]1C(=O)NCC1CCC(C#N)CC1. The Labute approximate surface area is 253 Å². The molecule has 0 saturated heterocycles. The van der Waals surface area contributed by atoms with E-state index in [0.717, 1.165) is 44.9 Å². The predicted octanol–water partition coefficient (Wildman–Crippen LogP) is 4.57. The Bertz CT molecular complexity index is 1320. The van der Waals surface area contributed by atoms with E-state index in [9.17, 15) is 24.8 Å². The number of carboxylic acids is 1. The number of methoxy groups -OCH3 is 1. The van der Waals surface area contributed by atoms with Gasteiger partial charge in [-0.1, -0.05) is 0 Å². The fourth-order valence-corrected chi connectivity index (χ4v) is 7.79. The lowest BCUT2D eigenvalue weighted by Gasteiger charge is -2.34. The molecule has 3 N–H and O–H groups in total. The topological polar surface area (TPSA) is 162 Å². The second kappa shape index (κ2) is 12.8. The molecule has 2 amide bonds. The summed E-state index contributed by atoms with van der Waals surface area (Å²) in [5, 5.41) is 34.8. The van der Waals surface area contributed by atoms with Crippen LogP contribution in [0.2, 0.25) is 0 Å². The van der Waals surface area contributed by atoms with Gasteiger partial charge in [0.05, 0.1) is 41.7 Å². The van der Waals surface area contributed by atoms with Crippen LogP contribution in [-0.4, -0.2) is 48.7 Å². The second-order valence-corrected chi connectivity index (χ2v) is 13.3. The molecule has 4 aliphatic carbocycles. The quantitative estimate of drug-likeness (QED) is 0.377. The van der Waals surface area contributed by atoms with Crippen LogP contribution < -0.4 is 20.1 Å². The Balaban J connectivity index is 1.27. The Hall–Kier alpha value is -3.79. The number of amides is 2. The lowest BCUT2D eigenvalue weighted by Crippen LogP contribution is -2.50. The fourth-order valence-electron chi connectivity index (χ4n) is 7.79. The van der Waals surface area contributed by atoms with Crippen molar-refractivity contribution in [2.24, 2.45) is 35.0 Å². The predicted molar refractivity (Wildman–Crippen MR) is 156 cm³/mol. The molecule has 4 atom stereocenters. The molecular weight excluding hydrogens is 548 g/mol. The van der Waals surface area contributed by atoms with Crippen LogP contribution in [0.1, 0.15) is 93.5 Å². The summed E-state index contributed by atoms with van der Waals surface area (Å²) in [6.45, 7) is 2.34. The monoisotopic (exact) mass is 590 g/mol. The summed E-state index contributed by atoms with van der Waals surface area (Å²) in [4.78, 5) is 38.8.